The summed E-state index contributed by atoms with van der Waals surface area (Å²) < 4.78 is 1.90. The molecular formula is C19H22N6O. The van der Waals surface area contributed by atoms with Gasteiger partial charge >= 0.3 is 0 Å². The van der Waals surface area contributed by atoms with Crippen molar-refractivity contribution in [2.24, 2.45) is 0 Å². The average molecular weight is 350 g/mol. The molecule has 0 radical (unpaired) electrons. The first-order valence-electron chi connectivity index (χ1n) is 8.90. The normalized spacial score (nSPS) is 15.4. The molecule has 1 saturated heterocycles. The molecule has 1 aliphatic rings. The standard InChI is InChI=1S/C19H22N6O/c1-13-11-14(2)25(23-13)17-5-3-16(4-6-17)19(26)24-9-7-15(8-10-24)18-20-12-21-22-18/h3-6,11-12,15H,7-10H2,1-2H3,(H,20,21,22). The fraction of sp³-hybridized carbons (Fsp3) is 0.368. The number of carbonyl (C=O) groups excluding carboxylic acids is 1. The van der Waals surface area contributed by atoms with Gasteiger partial charge in [0.15, 0.2) is 0 Å². The summed E-state index contributed by atoms with van der Waals surface area (Å²) in [6.45, 7) is 5.48. The van der Waals surface area contributed by atoms with Crippen LogP contribution in [0.25, 0.3) is 5.69 Å². The maximum atomic E-state index is 12.8. The molecule has 1 aromatic carbocycles. The molecule has 0 spiro atoms. The zero-order valence-corrected chi connectivity index (χ0v) is 15.0. The largest absolute Gasteiger partial charge is 0.339 e. The van der Waals surface area contributed by atoms with Gasteiger partial charge in [-0.2, -0.15) is 10.2 Å². The van der Waals surface area contributed by atoms with Gasteiger partial charge in [-0.25, -0.2) is 9.67 Å². The van der Waals surface area contributed by atoms with E-state index in [1.54, 1.807) is 0 Å². The van der Waals surface area contributed by atoms with Crippen molar-refractivity contribution in [3.63, 3.8) is 0 Å². The van der Waals surface area contributed by atoms with Crippen LogP contribution in [0, 0.1) is 13.8 Å². The summed E-state index contributed by atoms with van der Waals surface area (Å²) in [6, 6.07) is 9.72. The van der Waals surface area contributed by atoms with Crippen molar-refractivity contribution in [2.45, 2.75) is 32.6 Å². The smallest absolute Gasteiger partial charge is 0.253 e. The van der Waals surface area contributed by atoms with E-state index < -0.39 is 0 Å². The van der Waals surface area contributed by atoms with E-state index >= 15 is 0 Å². The van der Waals surface area contributed by atoms with Gasteiger partial charge in [0.25, 0.3) is 5.91 Å². The van der Waals surface area contributed by atoms with Crippen LogP contribution >= 0.6 is 0 Å². The molecule has 3 aromatic rings. The van der Waals surface area contributed by atoms with Crippen LogP contribution < -0.4 is 0 Å². The van der Waals surface area contributed by atoms with Crippen LogP contribution in [0.3, 0.4) is 0 Å². The Kier molecular flexibility index (Phi) is 4.28. The Labute approximate surface area is 152 Å². The molecule has 7 heteroatoms. The maximum Gasteiger partial charge on any atom is 0.253 e. The topological polar surface area (TPSA) is 79.7 Å². The van der Waals surface area contributed by atoms with Crippen molar-refractivity contribution in [3.05, 3.63) is 59.4 Å². The summed E-state index contributed by atoms with van der Waals surface area (Å²) in [5.41, 5.74) is 3.75. The second-order valence-electron chi connectivity index (χ2n) is 6.82. The number of aromatic nitrogens is 5. The zero-order valence-electron chi connectivity index (χ0n) is 15.0. The first kappa shape index (κ1) is 16.5. The van der Waals surface area contributed by atoms with E-state index in [0.717, 1.165) is 48.8 Å². The van der Waals surface area contributed by atoms with E-state index in [0.29, 0.717) is 11.5 Å². The molecule has 3 heterocycles. The predicted molar refractivity (Wildman–Crippen MR) is 97.3 cm³/mol. The number of nitrogens with one attached hydrogen (secondary N) is 1. The Morgan fingerprint density at radius 3 is 2.46 bits per heavy atom. The Hall–Kier alpha value is -2.96. The average Bonchev–Trinajstić information content (AvgIpc) is 3.31. The minimum absolute atomic E-state index is 0.0842. The summed E-state index contributed by atoms with van der Waals surface area (Å²) in [4.78, 5) is 18.9. The number of hydrogen-bond acceptors (Lipinski definition) is 4. The van der Waals surface area contributed by atoms with Gasteiger partial charge in [0, 0.05) is 30.3 Å². The minimum Gasteiger partial charge on any atom is -0.339 e. The highest BCUT2D eigenvalue weighted by Gasteiger charge is 2.26. The number of nitrogens with zero attached hydrogens (tertiary/aromatic N) is 5. The number of rotatable bonds is 3. The molecule has 1 amide bonds. The van der Waals surface area contributed by atoms with Crippen LogP contribution in [0.4, 0.5) is 0 Å². The quantitative estimate of drug-likeness (QED) is 0.787. The van der Waals surface area contributed by atoms with E-state index in [9.17, 15) is 4.79 Å². The summed E-state index contributed by atoms with van der Waals surface area (Å²) >= 11 is 0. The number of amides is 1. The van der Waals surface area contributed by atoms with E-state index in [4.69, 9.17) is 0 Å². The van der Waals surface area contributed by atoms with Crippen molar-refractivity contribution in [2.75, 3.05) is 13.1 Å². The Bertz CT molecular complexity index is 889. The SMILES string of the molecule is Cc1cc(C)n(-c2ccc(C(=O)N3CCC(c4ncn[nH]4)CC3)cc2)n1. The number of H-pyrrole nitrogens is 1. The van der Waals surface area contributed by atoms with Crippen molar-refractivity contribution in [1.82, 2.24) is 29.9 Å². The van der Waals surface area contributed by atoms with E-state index in [-0.39, 0.29) is 5.91 Å². The monoisotopic (exact) mass is 350 g/mol. The van der Waals surface area contributed by atoms with Crippen molar-refractivity contribution in [1.29, 1.82) is 0 Å². The summed E-state index contributed by atoms with van der Waals surface area (Å²) in [5.74, 6) is 1.36. The van der Waals surface area contributed by atoms with E-state index in [1.807, 2.05) is 53.8 Å². The molecule has 7 nitrogen and oxygen atoms in total. The molecular weight excluding hydrogens is 328 g/mol. The number of hydrogen-bond donors (Lipinski definition) is 1. The third-order valence-corrected chi connectivity index (χ3v) is 4.97. The van der Waals surface area contributed by atoms with Crippen LogP contribution in [-0.4, -0.2) is 48.9 Å². The van der Waals surface area contributed by atoms with Gasteiger partial charge in [-0.15, -0.1) is 0 Å². The lowest BCUT2D eigenvalue weighted by atomic mass is 9.95. The van der Waals surface area contributed by atoms with Crippen LogP contribution in [0.5, 0.6) is 0 Å². The molecule has 0 unspecified atom stereocenters. The number of piperidine rings is 1. The Morgan fingerprint density at radius 1 is 1.15 bits per heavy atom. The van der Waals surface area contributed by atoms with Crippen LogP contribution in [-0.2, 0) is 0 Å². The number of aryl methyl sites for hydroxylation is 2. The highest BCUT2D eigenvalue weighted by Crippen LogP contribution is 2.26. The van der Waals surface area contributed by atoms with Gasteiger partial charge < -0.3 is 4.90 Å². The molecule has 0 saturated carbocycles. The Morgan fingerprint density at radius 2 is 1.88 bits per heavy atom. The molecule has 0 aliphatic carbocycles. The van der Waals surface area contributed by atoms with Crippen molar-refractivity contribution < 1.29 is 4.79 Å². The van der Waals surface area contributed by atoms with Gasteiger partial charge in [0.2, 0.25) is 0 Å². The molecule has 2 aromatic heterocycles. The lowest BCUT2D eigenvalue weighted by molar-refractivity contribution is 0.0711. The van der Waals surface area contributed by atoms with Crippen LogP contribution in [0.1, 0.15) is 46.3 Å². The summed E-state index contributed by atoms with van der Waals surface area (Å²) in [6.07, 6.45) is 3.35. The number of aromatic amines is 1. The van der Waals surface area contributed by atoms with Gasteiger partial charge in [-0.1, -0.05) is 0 Å². The number of benzene rings is 1. The molecule has 1 aliphatic heterocycles. The van der Waals surface area contributed by atoms with Gasteiger partial charge in [0.1, 0.15) is 12.2 Å². The first-order chi connectivity index (χ1) is 12.6. The second kappa shape index (κ2) is 6.74. The molecule has 0 bridgehead atoms. The lowest BCUT2D eigenvalue weighted by Gasteiger charge is -2.31. The molecule has 134 valence electrons. The predicted octanol–water partition coefficient (Wildman–Crippen LogP) is 2.63. The first-order valence-corrected chi connectivity index (χ1v) is 8.90. The minimum atomic E-state index is 0.0842. The van der Waals surface area contributed by atoms with Gasteiger partial charge in [-0.05, 0) is 57.0 Å². The highest BCUT2D eigenvalue weighted by atomic mass is 16.2. The Balaban J connectivity index is 1.43. The van der Waals surface area contributed by atoms with Gasteiger partial charge in [0.05, 0.1) is 11.4 Å². The lowest BCUT2D eigenvalue weighted by Crippen LogP contribution is -2.38. The van der Waals surface area contributed by atoms with Crippen LogP contribution in [0.2, 0.25) is 0 Å². The third kappa shape index (κ3) is 3.12. The fourth-order valence-electron chi connectivity index (χ4n) is 3.59. The third-order valence-electron chi connectivity index (χ3n) is 4.97. The summed E-state index contributed by atoms with van der Waals surface area (Å²) in [7, 11) is 0. The maximum absolute atomic E-state index is 12.8. The number of likely N-dealkylation sites (tertiary alicyclic amines) is 1. The second-order valence-corrected chi connectivity index (χ2v) is 6.82. The fourth-order valence-corrected chi connectivity index (χ4v) is 3.59. The van der Waals surface area contributed by atoms with Crippen LogP contribution in [0.15, 0.2) is 36.7 Å². The summed E-state index contributed by atoms with van der Waals surface area (Å²) in [5, 5.41) is 11.3. The van der Waals surface area contributed by atoms with E-state index in [1.165, 1.54) is 6.33 Å². The van der Waals surface area contributed by atoms with Crippen molar-refractivity contribution >= 4 is 5.91 Å². The number of carbonyl (C=O) groups is 1. The van der Waals surface area contributed by atoms with Crippen molar-refractivity contribution in [3.8, 4) is 5.69 Å². The molecule has 1 fully saturated rings. The zero-order chi connectivity index (χ0) is 18.1. The van der Waals surface area contributed by atoms with E-state index in [2.05, 4.69) is 20.3 Å². The molecule has 0 atom stereocenters. The molecule has 1 N–H and O–H groups in total. The molecule has 26 heavy (non-hydrogen) atoms. The van der Waals surface area contributed by atoms with Gasteiger partial charge in [-0.3, -0.25) is 9.89 Å². The highest BCUT2D eigenvalue weighted by molar-refractivity contribution is 5.94. The molecule has 4 rings (SSSR count).